The second kappa shape index (κ2) is 5.07. The van der Waals surface area contributed by atoms with E-state index in [2.05, 4.69) is 31.1 Å². The molecule has 2 rings (SSSR count). The number of fused-ring (bicyclic) bond motifs is 1. The van der Waals surface area contributed by atoms with E-state index in [-0.39, 0.29) is 17.1 Å². The molecular weight excluding hydrogens is 254 g/mol. The largest absolute Gasteiger partial charge is 0.376 e. The van der Waals surface area contributed by atoms with Crippen LogP contribution in [0.3, 0.4) is 0 Å². The lowest BCUT2D eigenvalue weighted by Crippen LogP contribution is -2.31. The minimum Gasteiger partial charge on any atom is -0.376 e. The summed E-state index contributed by atoms with van der Waals surface area (Å²) in [7, 11) is 0. The first-order valence-corrected chi connectivity index (χ1v) is 6.59. The molecule has 0 radical (unpaired) electrons. The Hall–Kier alpha value is -2.17. The van der Waals surface area contributed by atoms with Crippen molar-refractivity contribution in [1.82, 2.24) is 4.98 Å². The van der Waals surface area contributed by atoms with E-state index < -0.39 is 4.92 Å². The lowest BCUT2D eigenvalue weighted by molar-refractivity contribution is -0.384. The second-order valence-corrected chi connectivity index (χ2v) is 6.02. The zero-order valence-electron chi connectivity index (χ0n) is 12.2. The number of aromatic nitrogens is 1. The molecule has 1 atom stereocenters. The second-order valence-electron chi connectivity index (χ2n) is 6.02. The summed E-state index contributed by atoms with van der Waals surface area (Å²) in [6.45, 7) is 8.32. The average Bonchev–Trinajstić information content (AvgIpc) is 2.37. The summed E-state index contributed by atoms with van der Waals surface area (Å²) in [6, 6.07) is 7.53. The number of hydrogen-bond donors (Lipinski definition) is 1. The lowest BCUT2D eigenvalue weighted by Gasteiger charge is -2.29. The molecule has 0 spiro atoms. The van der Waals surface area contributed by atoms with Gasteiger partial charge in [-0.2, -0.15) is 0 Å². The summed E-state index contributed by atoms with van der Waals surface area (Å²) in [6.07, 6.45) is 1.32. The highest BCUT2D eigenvalue weighted by molar-refractivity contribution is 5.95. The summed E-state index contributed by atoms with van der Waals surface area (Å²) in [5.74, 6) is 0. The molecular formula is C15H19N3O2. The fourth-order valence-electron chi connectivity index (χ4n) is 1.85. The third-order valence-corrected chi connectivity index (χ3v) is 3.61. The van der Waals surface area contributed by atoms with Crippen LogP contribution in [-0.4, -0.2) is 15.9 Å². The lowest BCUT2D eigenvalue weighted by atomic mass is 9.88. The Morgan fingerprint density at radius 1 is 1.30 bits per heavy atom. The molecule has 0 aliphatic carbocycles. The van der Waals surface area contributed by atoms with E-state index in [1.54, 1.807) is 0 Å². The first-order chi connectivity index (χ1) is 9.30. The van der Waals surface area contributed by atoms with Gasteiger partial charge in [0, 0.05) is 11.4 Å². The monoisotopic (exact) mass is 273 g/mol. The number of nitro groups is 1. The summed E-state index contributed by atoms with van der Waals surface area (Å²) >= 11 is 0. The van der Waals surface area contributed by atoms with Crippen molar-refractivity contribution < 1.29 is 4.92 Å². The van der Waals surface area contributed by atoms with Crippen LogP contribution in [0.4, 0.5) is 11.4 Å². The van der Waals surface area contributed by atoms with Gasteiger partial charge in [0.05, 0.1) is 10.4 Å². The number of anilines is 1. The maximum Gasteiger partial charge on any atom is 0.311 e. The van der Waals surface area contributed by atoms with Gasteiger partial charge in [-0.3, -0.25) is 10.1 Å². The number of nitrogens with one attached hydrogen (secondary N) is 1. The molecule has 1 aromatic heterocycles. The van der Waals surface area contributed by atoms with E-state index >= 15 is 0 Å². The van der Waals surface area contributed by atoms with Crippen LogP contribution < -0.4 is 5.32 Å². The van der Waals surface area contributed by atoms with Crippen molar-refractivity contribution in [1.29, 1.82) is 0 Å². The van der Waals surface area contributed by atoms with Crippen LogP contribution in [0.2, 0.25) is 0 Å². The van der Waals surface area contributed by atoms with Gasteiger partial charge in [-0.25, -0.2) is 4.98 Å². The van der Waals surface area contributed by atoms with E-state index in [4.69, 9.17) is 0 Å². The quantitative estimate of drug-likeness (QED) is 0.678. The molecule has 1 heterocycles. The predicted molar refractivity (Wildman–Crippen MR) is 80.9 cm³/mol. The summed E-state index contributed by atoms with van der Waals surface area (Å²) < 4.78 is 0. The minimum atomic E-state index is -0.392. The Bertz CT molecular complexity index is 647. The zero-order valence-corrected chi connectivity index (χ0v) is 12.2. The van der Waals surface area contributed by atoms with Crippen molar-refractivity contribution in [2.24, 2.45) is 5.41 Å². The first kappa shape index (κ1) is 14.2. The Balaban J connectivity index is 2.58. The summed E-state index contributed by atoms with van der Waals surface area (Å²) in [5, 5.41) is 15.3. The van der Waals surface area contributed by atoms with Crippen molar-refractivity contribution in [3.05, 3.63) is 40.6 Å². The number of pyridine rings is 1. The van der Waals surface area contributed by atoms with Gasteiger partial charge in [-0.15, -0.1) is 0 Å². The number of para-hydroxylation sites is 1. The van der Waals surface area contributed by atoms with E-state index in [9.17, 15) is 10.1 Å². The van der Waals surface area contributed by atoms with Gasteiger partial charge in [-0.1, -0.05) is 39.0 Å². The third-order valence-electron chi connectivity index (χ3n) is 3.61. The zero-order chi connectivity index (χ0) is 14.9. The molecule has 1 N–H and O–H groups in total. The predicted octanol–water partition coefficient (Wildman–Crippen LogP) is 3.99. The maximum absolute atomic E-state index is 11.2. The standard InChI is InChI=1S/C15H19N3O2/c1-10(15(2,3)4)17-14-11-7-5-6-8-12(11)16-9-13(14)18(19)20/h5-10H,1-4H3,(H,16,17). The van der Waals surface area contributed by atoms with Gasteiger partial charge >= 0.3 is 5.69 Å². The van der Waals surface area contributed by atoms with Crippen LogP contribution in [0.5, 0.6) is 0 Å². The minimum absolute atomic E-state index is 0.00174. The molecule has 106 valence electrons. The molecule has 0 aliphatic heterocycles. The summed E-state index contributed by atoms with van der Waals surface area (Å²) in [4.78, 5) is 15.0. The molecule has 0 saturated carbocycles. The Morgan fingerprint density at radius 3 is 2.55 bits per heavy atom. The Labute approximate surface area is 118 Å². The van der Waals surface area contributed by atoms with Gasteiger partial charge in [0.15, 0.2) is 0 Å². The van der Waals surface area contributed by atoms with Crippen LogP contribution >= 0.6 is 0 Å². The van der Waals surface area contributed by atoms with Gasteiger partial charge in [0.1, 0.15) is 11.9 Å². The number of nitrogens with zero attached hydrogens (tertiary/aromatic N) is 2. The van der Waals surface area contributed by atoms with Crippen molar-refractivity contribution in [2.75, 3.05) is 5.32 Å². The van der Waals surface area contributed by atoms with Gasteiger partial charge < -0.3 is 5.32 Å². The highest BCUT2D eigenvalue weighted by Gasteiger charge is 2.25. The molecule has 5 heteroatoms. The van der Waals surface area contributed by atoms with Gasteiger partial charge in [0.2, 0.25) is 0 Å². The molecule has 0 aliphatic rings. The maximum atomic E-state index is 11.2. The smallest absolute Gasteiger partial charge is 0.311 e. The molecule has 1 aromatic carbocycles. The Kier molecular flexibility index (Phi) is 3.61. The molecule has 5 nitrogen and oxygen atoms in total. The summed E-state index contributed by atoms with van der Waals surface area (Å²) in [5.41, 5.74) is 1.31. The molecule has 1 unspecified atom stereocenters. The first-order valence-electron chi connectivity index (χ1n) is 6.59. The normalized spacial score (nSPS) is 13.2. The fraction of sp³-hybridized carbons (Fsp3) is 0.400. The topological polar surface area (TPSA) is 68.1 Å². The molecule has 0 amide bonds. The number of benzene rings is 1. The van der Waals surface area contributed by atoms with E-state index in [1.807, 2.05) is 31.2 Å². The third kappa shape index (κ3) is 2.71. The van der Waals surface area contributed by atoms with Crippen LogP contribution in [0, 0.1) is 15.5 Å². The molecule has 2 aromatic rings. The number of rotatable bonds is 3. The van der Waals surface area contributed by atoms with Crippen molar-refractivity contribution in [3.8, 4) is 0 Å². The van der Waals surface area contributed by atoms with Gasteiger partial charge in [0.25, 0.3) is 0 Å². The van der Waals surface area contributed by atoms with E-state index in [1.165, 1.54) is 6.20 Å². The molecule has 0 fully saturated rings. The van der Waals surface area contributed by atoms with Gasteiger partial charge in [-0.05, 0) is 18.4 Å². The van der Waals surface area contributed by atoms with Crippen LogP contribution in [0.1, 0.15) is 27.7 Å². The SMILES string of the molecule is CC(Nc1c([N+](=O)[O-])cnc2ccccc12)C(C)(C)C. The van der Waals surface area contributed by atoms with Crippen LogP contribution in [0.15, 0.2) is 30.5 Å². The Morgan fingerprint density at radius 2 is 1.95 bits per heavy atom. The van der Waals surface area contributed by atoms with Crippen molar-refractivity contribution in [3.63, 3.8) is 0 Å². The molecule has 0 saturated heterocycles. The average molecular weight is 273 g/mol. The molecule has 20 heavy (non-hydrogen) atoms. The molecule has 0 bridgehead atoms. The number of hydrogen-bond acceptors (Lipinski definition) is 4. The highest BCUT2D eigenvalue weighted by Crippen LogP contribution is 2.34. The van der Waals surface area contributed by atoms with Crippen molar-refractivity contribution >= 4 is 22.3 Å². The van der Waals surface area contributed by atoms with E-state index in [0.717, 1.165) is 10.9 Å². The highest BCUT2D eigenvalue weighted by atomic mass is 16.6. The van der Waals surface area contributed by atoms with E-state index in [0.29, 0.717) is 5.69 Å². The van der Waals surface area contributed by atoms with Crippen molar-refractivity contribution in [2.45, 2.75) is 33.7 Å². The van der Waals surface area contributed by atoms with Crippen LogP contribution in [0.25, 0.3) is 10.9 Å². The fourth-order valence-corrected chi connectivity index (χ4v) is 1.85. The van der Waals surface area contributed by atoms with Crippen LogP contribution in [-0.2, 0) is 0 Å².